The normalized spacial score (nSPS) is 10.5. The zero-order chi connectivity index (χ0) is 23.2. The fourth-order valence-electron chi connectivity index (χ4n) is 3.20. The third-order valence-corrected chi connectivity index (χ3v) is 5.05. The molecule has 0 fully saturated rings. The summed E-state index contributed by atoms with van der Waals surface area (Å²) in [6, 6.07) is 0. The van der Waals surface area contributed by atoms with E-state index in [0.717, 1.165) is 24.8 Å². The molecule has 0 aromatic carbocycles. The van der Waals surface area contributed by atoms with E-state index in [9.17, 15) is 14.4 Å². The maximum absolute atomic E-state index is 10.8. The SMILES string of the molecule is C=CC(=O)O.CC(C)CCCCCCCCCCCCCCCC(C(=O)O)C(=O)O. The predicted octanol–water partition coefficient (Wildman–Crippen LogP) is 6.54. The van der Waals surface area contributed by atoms with Crippen molar-refractivity contribution in [3.8, 4) is 0 Å². The molecule has 0 rings (SSSR count). The van der Waals surface area contributed by atoms with Crippen LogP contribution in [0.3, 0.4) is 0 Å². The first-order valence-electron chi connectivity index (χ1n) is 11.5. The average molecular weight is 429 g/mol. The van der Waals surface area contributed by atoms with Crippen molar-refractivity contribution in [3.05, 3.63) is 12.7 Å². The summed E-state index contributed by atoms with van der Waals surface area (Å²) in [6.07, 6.45) is 18.5. The van der Waals surface area contributed by atoms with Crippen molar-refractivity contribution in [2.45, 2.75) is 110 Å². The van der Waals surface area contributed by atoms with Crippen LogP contribution in [0.5, 0.6) is 0 Å². The highest BCUT2D eigenvalue weighted by Crippen LogP contribution is 2.16. The monoisotopic (exact) mass is 428 g/mol. The van der Waals surface area contributed by atoms with Crippen molar-refractivity contribution in [2.75, 3.05) is 0 Å². The van der Waals surface area contributed by atoms with Gasteiger partial charge in [0, 0.05) is 6.08 Å². The fraction of sp³-hybridized carbons (Fsp3) is 0.792. The van der Waals surface area contributed by atoms with Gasteiger partial charge in [-0.05, 0) is 12.3 Å². The van der Waals surface area contributed by atoms with Crippen molar-refractivity contribution in [3.63, 3.8) is 0 Å². The second-order valence-corrected chi connectivity index (χ2v) is 8.34. The number of carboxylic acid groups (broad SMARTS) is 3. The largest absolute Gasteiger partial charge is 0.481 e. The highest BCUT2D eigenvalue weighted by molar-refractivity contribution is 5.92. The van der Waals surface area contributed by atoms with Gasteiger partial charge >= 0.3 is 17.9 Å². The van der Waals surface area contributed by atoms with E-state index in [4.69, 9.17) is 15.3 Å². The van der Waals surface area contributed by atoms with E-state index in [-0.39, 0.29) is 6.42 Å². The Morgan fingerprint density at radius 3 is 1.13 bits per heavy atom. The Hall–Kier alpha value is -1.85. The first kappa shape index (κ1) is 30.3. The molecule has 0 spiro atoms. The number of unbranched alkanes of at least 4 members (excludes halogenated alkanes) is 12. The topological polar surface area (TPSA) is 112 Å². The van der Waals surface area contributed by atoms with Gasteiger partial charge in [0.15, 0.2) is 5.92 Å². The van der Waals surface area contributed by atoms with Crippen LogP contribution < -0.4 is 0 Å². The van der Waals surface area contributed by atoms with Gasteiger partial charge in [-0.3, -0.25) is 9.59 Å². The molecule has 0 aromatic rings. The first-order chi connectivity index (χ1) is 14.2. The second-order valence-electron chi connectivity index (χ2n) is 8.34. The summed E-state index contributed by atoms with van der Waals surface area (Å²) in [4.78, 5) is 30.8. The average Bonchev–Trinajstić information content (AvgIpc) is 2.67. The molecule has 0 atom stereocenters. The van der Waals surface area contributed by atoms with E-state index >= 15 is 0 Å². The van der Waals surface area contributed by atoms with Crippen LogP contribution in [0.4, 0.5) is 0 Å². The Morgan fingerprint density at radius 1 is 0.633 bits per heavy atom. The van der Waals surface area contributed by atoms with Crippen LogP contribution in [0.1, 0.15) is 110 Å². The molecule has 6 nitrogen and oxygen atoms in total. The van der Waals surface area contributed by atoms with Gasteiger partial charge in [0.1, 0.15) is 0 Å². The number of carboxylic acids is 3. The van der Waals surface area contributed by atoms with Crippen LogP contribution in [0.25, 0.3) is 0 Å². The molecule has 6 heteroatoms. The lowest BCUT2D eigenvalue weighted by Crippen LogP contribution is -2.23. The van der Waals surface area contributed by atoms with Gasteiger partial charge in [0.25, 0.3) is 0 Å². The quantitative estimate of drug-likeness (QED) is 0.122. The summed E-state index contributed by atoms with van der Waals surface area (Å²) < 4.78 is 0. The number of aliphatic carboxylic acids is 3. The van der Waals surface area contributed by atoms with Crippen LogP contribution in [0.2, 0.25) is 0 Å². The first-order valence-corrected chi connectivity index (χ1v) is 11.5. The van der Waals surface area contributed by atoms with Gasteiger partial charge in [-0.25, -0.2) is 4.79 Å². The minimum absolute atomic E-state index is 0.252. The molecule has 0 aliphatic heterocycles. The molecule has 176 valence electrons. The molecule has 0 aliphatic carbocycles. The lowest BCUT2D eigenvalue weighted by molar-refractivity contribution is -0.154. The van der Waals surface area contributed by atoms with Gasteiger partial charge in [0.2, 0.25) is 0 Å². The van der Waals surface area contributed by atoms with Crippen LogP contribution in [-0.4, -0.2) is 33.2 Å². The summed E-state index contributed by atoms with van der Waals surface area (Å²) in [5.41, 5.74) is 0. The Balaban J connectivity index is 0. The molecule has 0 aliphatic rings. The summed E-state index contributed by atoms with van der Waals surface area (Å²) in [7, 11) is 0. The van der Waals surface area contributed by atoms with E-state index < -0.39 is 23.8 Å². The van der Waals surface area contributed by atoms with Crippen molar-refractivity contribution in [2.24, 2.45) is 11.8 Å². The molecule has 0 heterocycles. The van der Waals surface area contributed by atoms with Crippen molar-refractivity contribution >= 4 is 17.9 Å². The number of hydrogen-bond acceptors (Lipinski definition) is 3. The second kappa shape index (κ2) is 21.8. The fourth-order valence-corrected chi connectivity index (χ4v) is 3.20. The minimum atomic E-state index is -1.23. The zero-order valence-electron chi connectivity index (χ0n) is 19.1. The van der Waals surface area contributed by atoms with Gasteiger partial charge in [-0.1, -0.05) is 110 Å². The van der Waals surface area contributed by atoms with E-state index in [1.54, 1.807) is 0 Å². The van der Waals surface area contributed by atoms with Crippen LogP contribution in [-0.2, 0) is 14.4 Å². The summed E-state index contributed by atoms with van der Waals surface area (Å²) in [6.45, 7) is 7.55. The molecule has 30 heavy (non-hydrogen) atoms. The van der Waals surface area contributed by atoms with Crippen LogP contribution >= 0.6 is 0 Å². The standard InChI is InChI=1S/C21H40O4.C3H4O2/c1-18(2)16-14-12-10-8-6-4-3-5-7-9-11-13-15-17-19(20(22)23)21(24)25;1-2-3(4)5/h18-19H,3-17H2,1-2H3,(H,22,23)(H,24,25);2H,1H2,(H,4,5). The molecule has 0 saturated carbocycles. The van der Waals surface area contributed by atoms with Gasteiger partial charge in [-0.15, -0.1) is 0 Å². The Kier molecular flexibility index (Phi) is 22.1. The van der Waals surface area contributed by atoms with Crippen molar-refractivity contribution in [1.82, 2.24) is 0 Å². The number of rotatable bonds is 19. The van der Waals surface area contributed by atoms with E-state index in [2.05, 4.69) is 20.4 Å². The molecule has 3 N–H and O–H groups in total. The van der Waals surface area contributed by atoms with Gasteiger partial charge in [0.05, 0.1) is 0 Å². The third kappa shape index (κ3) is 24.2. The molecule has 0 unspecified atom stereocenters. The highest BCUT2D eigenvalue weighted by Gasteiger charge is 2.24. The maximum atomic E-state index is 10.8. The van der Waals surface area contributed by atoms with Crippen molar-refractivity contribution < 1.29 is 29.7 Å². The minimum Gasteiger partial charge on any atom is -0.481 e. The van der Waals surface area contributed by atoms with Crippen LogP contribution in [0.15, 0.2) is 12.7 Å². The highest BCUT2D eigenvalue weighted by atomic mass is 16.4. The molecule has 0 amide bonds. The molecular formula is C24H44O6. The Bertz CT molecular complexity index is 445. The van der Waals surface area contributed by atoms with E-state index in [0.29, 0.717) is 6.42 Å². The molecule has 0 saturated heterocycles. The molecule has 0 bridgehead atoms. The molecule has 0 aromatic heterocycles. The molecule has 0 radical (unpaired) electrons. The van der Waals surface area contributed by atoms with Crippen molar-refractivity contribution in [1.29, 1.82) is 0 Å². The number of carbonyl (C=O) groups is 3. The summed E-state index contributed by atoms with van der Waals surface area (Å²) in [5.74, 6) is -3.80. The zero-order valence-corrected chi connectivity index (χ0v) is 19.1. The third-order valence-electron chi connectivity index (χ3n) is 5.05. The summed E-state index contributed by atoms with van der Waals surface area (Å²) >= 11 is 0. The van der Waals surface area contributed by atoms with Gasteiger partial charge < -0.3 is 15.3 Å². The lowest BCUT2D eigenvalue weighted by Gasteiger charge is -2.07. The van der Waals surface area contributed by atoms with Gasteiger partial charge in [-0.2, -0.15) is 0 Å². The Morgan fingerprint density at radius 2 is 0.900 bits per heavy atom. The lowest BCUT2D eigenvalue weighted by atomic mass is 10.00. The number of hydrogen-bond donors (Lipinski definition) is 3. The summed E-state index contributed by atoms with van der Waals surface area (Å²) in [5, 5.41) is 25.2. The smallest absolute Gasteiger partial charge is 0.327 e. The van der Waals surface area contributed by atoms with Crippen LogP contribution in [0, 0.1) is 11.8 Å². The molecular weight excluding hydrogens is 384 g/mol. The Labute approximate surface area is 182 Å². The predicted molar refractivity (Wildman–Crippen MR) is 121 cm³/mol. The van der Waals surface area contributed by atoms with E-state index in [1.807, 2.05) is 0 Å². The maximum Gasteiger partial charge on any atom is 0.327 e. The van der Waals surface area contributed by atoms with E-state index in [1.165, 1.54) is 70.6 Å².